The number of aryl methyl sites for hydroxylation is 2. The minimum absolute atomic E-state index is 0.0129. The Bertz CT molecular complexity index is 937. The summed E-state index contributed by atoms with van der Waals surface area (Å²) in [7, 11) is 0. The van der Waals surface area contributed by atoms with Crippen LogP contribution >= 0.6 is 11.6 Å². The van der Waals surface area contributed by atoms with E-state index < -0.39 is 0 Å². The second-order valence-corrected chi connectivity index (χ2v) is 9.96. The van der Waals surface area contributed by atoms with Gasteiger partial charge < -0.3 is 4.57 Å². The molecule has 1 aromatic carbocycles. The number of amides is 1. The molecule has 2 fully saturated rings. The highest BCUT2D eigenvalue weighted by atomic mass is 35.5. The van der Waals surface area contributed by atoms with Crippen LogP contribution in [0.3, 0.4) is 0 Å². The fraction of sp³-hybridized carbons (Fsp3) is 0.577. The number of rotatable bonds is 5. The third-order valence-electron chi connectivity index (χ3n) is 7.17. The van der Waals surface area contributed by atoms with Crippen LogP contribution < -0.4 is 5.43 Å². The molecule has 0 spiro atoms. The van der Waals surface area contributed by atoms with Crippen LogP contribution in [0.25, 0.3) is 11.3 Å². The normalized spacial score (nSPS) is 18.3. The van der Waals surface area contributed by atoms with E-state index >= 15 is 0 Å². The van der Waals surface area contributed by atoms with E-state index in [0.29, 0.717) is 5.92 Å². The number of carbonyl (C=O) groups excluding carboxylic acids is 1. The first-order valence-electron chi connectivity index (χ1n) is 12.0. The molecule has 1 aliphatic carbocycles. The first-order valence-corrected chi connectivity index (χ1v) is 12.3. The summed E-state index contributed by atoms with van der Waals surface area (Å²) in [6.07, 6.45) is 10.1. The quantitative estimate of drug-likeness (QED) is 0.579. The zero-order valence-electron chi connectivity index (χ0n) is 19.3. The van der Waals surface area contributed by atoms with Crippen molar-refractivity contribution in [2.24, 2.45) is 5.92 Å². The van der Waals surface area contributed by atoms with Crippen LogP contribution in [0.2, 0.25) is 5.02 Å². The maximum absolute atomic E-state index is 13.2. The Labute approximate surface area is 191 Å². The second kappa shape index (κ2) is 9.79. The van der Waals surface area contributed by atoms with E-state index in [4.69, 9.17) is 11.6 Å². The molecule has 4 nitrogen and oxygen atoms in total. The van der Waals surface area contributed by atoms with Crippen molar-refractivity contribution in [3.05, 3.63) is 45.6 Å². The van der Waals surface area contributed by atoms with Gasteiger partial charge in [0.2, 0.25) is 0 Å². The molecule has 4 rings (SSSR count). The number of carbonyl (C=O) groups is 1. The average molecular weight is 442 g/mol. The number of nitrogens with one attached hydrogen (secondary N) is 1. The first kappa shape index (κ1) is 22.4. The topological polar surface area (TPSA) is 37.3 Å². The van der Waals surface area contributed by atoms with Crippen molar-refractivity contribution >= 4 is 17.5 Å². The number of hydrogen-bond donors (Lipinski definition) is 1. The van der Waals surface area contributed by atoms with Gasteiger partial charge in [-0.25, -0.2) is 5.01 Å². The van der Waals surface area contributed by atoms with Crippen LogP contribution in [-0.4, -0.2) is 28.6 Å². The predicted molar refractivity (Wildman–Crippen MR) is 129 cm³/mol. The maximum atomic E-state index is 13.2. The van der Waals surface area contributed by atoms with Crippen molar-refractivity contribution in [3.63, 3.8) is 0 Å². The van der Waals surface area contributed by atoms with E-state index in [9.17, 15) is 4.79 Å². The lowest BCUT2D eigenvalue weighted by atomic mass is 9.89. The maximum Gasteiger partial charge on any atom is 0.267 e. The Balaban J connectivity index is 1.70. The third kappa shape index (κ3) is 5.01. The van der Waals surface area contributed by atoms with Gasteiger partial charge >= 0.3 is 0 Å². The number of benzene rings is 1. The molecular formula is C26H36ClN3O. The summed E-state index contributed by atoms with van der Waals surface area (Å²) in [5, 5.41) is 2.86. The molecule has 2 heterocycles. The molecular weight excluding hydrogens is 406 g/mol. The molecule has 1 aromatic heterocycles. The van der Waals surface area contributed by atoms with Crippen molar-refractivity contribution in [2.45, 2.75) is 78.7 Å². The monoisotopic (exact) mass is 441 g/mol. The summed E-state index contributed by atoms with van der Waals surface area (Å²) < 4.78 is 2.38. The van der Waals surface area contributed by atoms with Gasteiger partial charge in [-0.05, 0) is 75.6 Å². The molecule has 0 radical (unpaired) electrons. The van der Waals surface area contributed by atoms with Gasteiger partial charge in [0, 0.05) is 41.6 Å². The summed E-state index contributed by atoms with van der Waals surface area (Å²) in [6, 6.07) is 6.31. The number of aromatic nitrogens is 1. The molecule has 1 N–H and O–H groups in total. The molecule has 31 heavy (non-hydrogen) atoms. The summed E-state index contributed by atoms with van der Waals surface area (Å²) in [6.45, 7) is 9.13. The third-order valence-corrected chi connectivity index (χ3v) is 7.58. The molecule has 0 atom stereocenters. The van der Waals surface area contributed by atoms with Gasteiger partial charge in [0.25, 0.3) is 5.91 Å². The lowest BCUT2D eigenvalue weighted by Gasteiger charge is -2.27. The fourth-order valence-corrected chi connectivity index (χ4v) is 5.44. The largest absolute Gasteiger partial charge is 0.344 e. The van der Waals surface area contributed by atoms with Crippen LogP contribution in [-0.2, 0) is 6.54 Å². The lowest BCUT2D eigenvalue weighted by Crippen LogP contribution is -2.45. The van der Waals surface area contributed by atoms with E-state index in [1.165, 1.54) is 44.1 Å². The smallest absolute Gasteiger partial charge is 0.267 e. The molecule has 1 saturated heterocycles. The predicted octanol–water partition coefficient (Wildman–Crippen LogP) is 6.44. The van der Waals surface area contributed by atoms with Crippen LogP contribution in [0.5, 0.6) is 0 Å². The minimum Gasteiger partial charge on any atom is -0.344 e. The summed E-state index contributed by atoms with van der Waals surface area (Å²) in [5.74, 6) is 0.691. The Morgan fingerprint density at radius 2 is 1.65 bits per heavy atom. The lowest BCUT2D eigenvalue weighted by molar-refractivity contribution is 0.0749. The Hall–Kier alpha value is -1.78. The SMILES string of the molecule is Cc1cc(C)c(-c2cc(C(=O)NN3CCCCC3)c(C)n2CC2CCCCC2)cc1Cl. The molecule has 0 bridgehead atoms. The number of hydrogen-bond acceptors (Lipinski definition) is 2. The molecule has 1 aliphatic heterocycles. The second-order valence-electron chi connectivity index (χ2n) is 9.55. The summed E-state index contributed by atoms with van der Waals surface area (Å²) in [5.41, 5.74) is 9.55. The van der Waals surface area contributed by atoms with Gasteiger partial charge in [0.05, 0.1) is 5.56 Å². The Morgan fingerprint density at radius 1 is 0.968 bits per heavy atom. The van der Waals surface area contributed by atoms with Crippen LogP contribution in [0.4, 0.5) is 0 Å². The van der Waals surface area contributed by atoms with E-state index in [0.717, 1.165) is 65.6 Å². The van der Waals surface area contributed by atoms with E-state index in [2.05, 4.69) is 47.0 Å². The van der Waals surface area contributed by atoms with Crippen LogP contribution in [0, 0.1) is 26.7 Å². The van der Waals surface area contributed by atoms with Gasteiger partial charge in [-0.2, -0.15) is 0 Å². The van der Waals surface area contributed by atoms with Crippen molar-refractivity contribution in [1.29, 1.82) is 0 Å². The zero-order valence-corrected chi connectivity index (χ0v) is 20.0. The number of halogens is 1. The number of nitrogens with zero attached hydrogens (tertiary/aromatic N) is 2. The first-order chi connectivity index (χ1) is 14.9. The van der Waals surface area contributed by atoms with Gasteiger partial charge in [-0.1, -0.05) is 43.4 Å². The van der Waals surface area contributed by atoms with Gasteiger partial charge in [-0.3, -0.25) is 10.2 Å². The van der Waals surface area contributed by atoms with Crippen molar-refractivity contribution in [3.8, 4) is 11.3 Å². The molecule has 1 saturated carbocycles. The van der Waals surface area contributed by atoms with Gasteiger partial charge in [-0.15, -0.1) is 0 Å². The molecule has 0 unspecified atom stereocenters. The molecule has 168 valence electrons. The van der Waals surface area contributed by atoms with Crippen molar-refractivity contribution in [1.82, 2.24) is 15.0 Å². The van der Waals surface area contributed by atoms with Gasteiger partial charge in [0.15, 0.2) is 0 Å². The Morgan fingerprint density at radius 3 is 2.35 bits per heavy atom. The zero-order chi connectivity index (χ0) is 22.0. The summed E-state index contributed by atoms with van der Waals surface area (Å²) in [4.78, 5) is 13.2. The highest BCUT2D eigenvalue weighted by molar-refractivity contribution is 6.31. The van der Waals surface area contributed by atoms with E-state index in [1.807, 2.05) is 6.92 Å². The standard InChI is InChI=1S/C26H36ClN3O/c1-18-14-19(2)24(27)15-22(18)25-16-23(26(31)28-29-12-8-5-9-13-29)20(3)30(25)17-21-10-6-4-7-11-21/h14-16,21H,4-13,17H2,1-3H3,(H,28,31). The van der Waals surface area contributed by atoms with Crippen LogP contribution in [0.1, 0.15) is 78.5 Å². The van der Waals surface area contributed by atoms with E-state index in [1.54, 1.807) is 0 Å². The average Bonchev–Trinajstić information content (AvgIpc) is 3.08. The van der Waals surface area contributed by atoms with Crippen LogP contribution in [0.15, 0.2) is 18.2 Å². The highest BCUT2D eigenvalue weighted by Gasteiger charge is 2.24. The molecule has 2 aliphatic rings. The minimum atomic E-state index is 0.0129. The molecule has 1 amide bonds. The number of piperidine rings is 1. The summed E-state index contributed by atoms with van der Waals surface area (Å²) >= 11 is 6.52. The van der Waals surface area contributed by atoms with E-state index in [-0.39, 0.29) is 5.91 Å². The van der Waals surface area contributed by atoms with Crippen molar-refractivity contribution in [2.75, 3.05) is 13.1 Å². The molecule has 2 aromatic rings. The Kier molecular flexibility index (Phi) is 7.08. The highest BCUT2D eigenvalue weighted by Crippen LogP contribution is 2.34. The number of hydrazine groups is 1. The van der Waals surface area contributed by atoms with Crippen molar-refractivity contribution < 1.29 is 4.79 Å². The van der Waals surface area contributed by atoms with Gasteiger partial charge in [0.1, 0.15) is 0 Å². The molecule has 5 heteroatoms. The fourth-order valence-electron chi connectivity index (χ4n) is 5.27.